The fourth-order valence-electron chi connectivity index (χ4n) is 3.35. The van der Waals surface area contributed by atoms with Gasteiger partial charge in [-0.25, -0.2) is 0 Å². The molecule has 21 heavy (non-hydrogen) atoms. The Balaban J connectivity index is 1.53. The van der Waals surface area contributed by atoms with Gasteiger partial charge < -0.3 is 9.64 Å². The van der Waals surface area contributed by atoms with Crippen molar-refractivity contribution in [2.45, 2.75) is 19.0 Å². The molecule has 2 atom stereocenters. The average Bonchev–Trinajstić information content (AvgIpc) is 2.80. The Morgan fingerprint density at radius 3 is 3.00 bits per heavy atom. The predicted octanol–water partition coefficient (Wildman–Crippen LogP) is 2.02. The van der Waals surface area contributed by atoms with E-state index in [4.69, 9.17) is 16.3 Å². The number of amides is 1. The molecule has 114 valence electrons. The Bertz CT molecular complexity index is 523. The van der Waals surface area contributed by atoms with Crippen molar-refractivity contribution in [3.63, 3.8) is 0 Å². The van der Waals surface area contributed by atoms with E-state index in [0.717, 1.165) is 31.2 Å². The molecule has 2 heterocycles. The molecular weight excluding hydrogens is 288 g/mol. The molecule has 1 amide bonds. The standard InChI is InChI=1S/C16H21ClN2O2/c1-21-6-5-16(20)19-10-13-9-18(15(13)11-19)8-12-3-2-4-14(17)7-12/h2-4,7,13,15H,5-6,8-11H2,1H3. The van der Waals surface area contributed by atoms with Crippen LogP contribution in [0.15, 0.2) is 24.3 Å². The molecule has 0 radical (unpaired) electrons. The highest BCUT2D eigenvalue weighted by molar-refractivity contribution is 6.30. The third-order valence-corrected chi connectivity index (χ3v) is 4.73. The number of halogens is 1. The summed E-state index contributed by atoms with van der Waals surface area (Å²) in [5.74, 6) is 0.852. The maximum Gasteiger partial charge on any atom is 0.224 e. The highest BCUT2D eigenvalue weighted by atomic mass is 35.5. The fourth-order valence-corrected chi connectivity index (χ4v) is 3.56. The van der Waals surface area contributed by atoms with Crippen molar-refractivity contribution in [3.8, 4) is 0 Å². The summed E-state index contributed by atoms with van der Waals surface area (Å²) in [5, 5.41) is 0.785. The third kappa shape index (κ3) is 3.23. The molecule has 0 bridgehead atoms. The molecule has 4 nitrogen and oxygen atoms in total. The molecule has 2 fully saturated rings. The van der Waals surface area contributed by atoms with Gasteiger partial charge in [-0.15, -0.1) is 0 Å². The summed E-state index contributed by atoms with van der Waals surface area (Å²) >= 11 is 6.03. The number of rotatable bonds is 5. The van der Waals surface area contributed by atoms with Crippen molar-refractivity contribution in [2.24, 2.45) is 5.92 Å². The van der Waals surface area contributed by atoms with Gasteiger partial charge in [-0.05, 0) is 17.7 Å². The summed E-state index contributed by atoms with van der Waals surface area (Å²) in [7, 11) is 1.63. The zero-order valence-electron chi connectivity index (χ0n) is 12.3. The van der Waals surface area contributed by atoms with Gasteiger partial charge in [0.05, 0.1) is 13.0 Å². The van der Waals surface area contributed by atoms with Crippen LogP contribution in [0.25, 0.3) is 0 Å². The lowest BCUT2D eigenvalue weighted by Crippen LogP contribution is -2.54. The fraction of sp³-hybridized carbons (Fsp3) is 0.562. The molecule has 0 saturated carbocycles. The number of carbonyl (C=O) groups is 1. The minimum absolute atomic E-state index is 0.217. The number of hydrogen-bond donors (Lipinski definition) is 0. The minimum atomic E-state index is 0.217. The van der Waals surface area contributed by atoms with E-state index in [1.54, 1.807) is 7.11 Å². The Morgan fingerprint density at radius 1 is 1.38 bits per heavy atom. The molecule has 0 aliphatic carbocycles. The Hall–Kier alpha value is -1.10. The van der Waals surface area contributed by atoms with Gasteiger partial charge in [0.25, 0.3) is 0 Å². The number of ether oxygens (including phenoxy) is 1. The number of carbonyl (C=O) groups excluding carboxylic acids is 1. The van der Waals surface area contributed by atoms with Crippen molar-refractivity contribution in [3.05, 3.63) is 34.9 Å². The highest BCUT2D eigenvalue weighted by Gasteiger charge is 2.46. The van der Waals surface area contributed by atoms with Crippen molar-refractivity contribution in [2.75, 3.05) is 33.4 Å². The van der Waals surface area contributed by atoms with Crippen LogP contribution >= 0.6 is 11.6 Å². The molecule has 5 heteroatoms. The monoisotopic (exact) mass is 308 g/mol. The molecule has 3 rings (SSSR count). The molecule has 2 aliphatic rings. The zero-order chi connectivity index (χ0) is 14.8. The van der Waals surface area contributed by atoms with Crippen LogP contribution in [-0.4, -0.2) is 55.1 Å². The van der Waals surface area contributed by atoms with E-state index in [1.165, 1.54) is 5.56 Å². The maximum absolute atomic E-state index is 12.0. The number of methoxy groups -OCH3 is 1. The predicted molar refractivity (Wildman–Crippen MR) is 82.2 cm³/mol. The quantitative estimate of drug-likeness (QED) is 0.834. The van der Waals surface area contributed by atoms with Gasteiger partial charge in [-0.3, -0.25) is 9.69 Å². The van der Waals surface area contributed by atoms with Crippen LogP contribution in [0.2, 0.25) is 5.02 Å². The molecule has 2 saturated heterocycles. The van der Waals surface area contributed by atoms with Crippen LogP contribution in [0, 0.1) is 5.92 Å². The first-order valence-corrected chi connectivity index (χ1v) is 7.80. The topological polar surface area (TPSA) is 32.8 Å². The third-order valence-electron chi connectivity index (χ3n) is 4.49. The second kappa shape index (κ2) is 6.34. The lowest BCUT2D eigenvalue weighted by Gasteiger charge is -2.43. The van der Waals surface area contributed by atoms with Crippen LogP contribution in [0.3, 0.4) is 0 Å². The number of fused-ring (bicyclic) bond motifs is 1. The maximum atomic E-state index is 12.0. The number of likely N-dealkylation sites (tertiary alicyclic amines) is 2. The summed E-state index contributed by atoms with van der Waals surface area (Å²) in [6.07, 6.45) is 0.490. The Labute approximate surface area is 130 Å². The second-order valence-electron chi connectivity index (χ2n) is 5.93. The SMILES string of the molecule is COCCC(=O)N1CC2CN(Cc3cccc(Cl)c3)C2C1. The van der Waals surface area contributed by atoms with Crippen molar-refractivity contribution < 1.29 is 9.53 Å². The molecule has 0 N–H and O–H groups in total. The van der Waals surface area contributed by atoms with Gasteiger partial charge in [0, 0.05) is 50.3 Å². The Kier molecular flexibility index (Phi) is 4.48. The van der Waals surface area contributed by atoms with E-state index >= 15 is 0 Å². The Morgan fingerprint density at radius 2 is 2.24 bits per heavy atom. The van der Waals surface area contributed by atoms with Crippen LogP contribution in [0.1, 0.15) is 12.0 Å². The van der Waals surface area contributed by atoms with Crippen molar-refractivity contribution >= 4 is 17.5 Å². The van der Waals surface area contributed by atoms with Gasteiger partial charge in [0.15, 0.2) is 0 Å². The average molecular weight is 309 g/mol. The summed E-state index contributed by atoms with van der Waals surface area (Å²) in [6, 6.07) is 8.52. The first kappa shape index (κ1) is 14.8. The minimum Gasteiger partial charge on any atom is -0.384 e. The molecular formula is C16H21ClN2O2. The normalized spacial score (nSPS) is 24.8. The lowest BCUT2D eigenvalue weighted by molar-refractivity contribution is -0.131. The number of benzene rings is 1. The van der Waals surface area contributed by atoms with E-state index < -0.39 is 0 Å². The summed E-state index contributed by atoms with van der Waals surface area (Å²) in [5.41, 5.74) is 1.24. The smallest absolute Gasteiger partial charge is 0.224 e. The molecule has 0 aromatic heterocycles. The van der Waals surface area contributed by atoms with E-state index in [1.807, 2.05) is 23.1 Å². The van der Waals surface area contributed by atoms with E-state index in [0.29, 0.717) is 25.0 Å². The van der Waals surface area contributed by atoms with Crippen LogP contribution in [0.4, 0.5) is 0 Å². The van der Waals surface area contributed by atoms with Gasteiger partial charge in [-0.1, -0.05) is 23.7 Å². The largest absolute Gasteiger partial charge is 0.384 e. The van der Waals surface area contributed by atoms with Gasteiger partial charge in [-0.2, -0.15) is 0 Å². The van der Waals surface area contributed by atoms with E-state index in [2.05, 4.69) is 11.0 Å². The molecule has 2 aliphatic heterocycles. The molecule has 2 unspecified atom stereocenters. The van der Waals surface area contributed by atoms with Crippen molar-refractivity contribution in [1.82, 2.24) is 9.80 Å². The zero-order valence-corrected chi connectivity index (χ0v) is 13.1. The van der Waals surface area contributed by atoms with Crippen LogP contribution < -0.4 is 0 Å². The van der Waals surface area contributed by atoms with Gasteiger partial charge in [0.1, 0.15) is 0 Å². The van der Waals surface area contributed by atoms with E-state index in [9.17, 15) is 4.79 Å². The summed E-state index contributed by atoms with van der Waals surface area (Å²) in [4.78, 5) is 16.5. The summed E-state index contributed by atoms with van der Waals surface area (Å²) < 4.78 is 4.98. The number of nitrogens with zero attached hydrogens (tertiary/aromatic N) is 2. The summed E-state index contributed by atoms with van der Waals surface area (Å²) in [6.45, 7) is 4.26. The molecule has 1 aromatic rings. The lowest BCUT2D eigenvalue weighted by atomic mass is 9.91. The van der Waals surface area contributed by atoms with E-state index in [-0.39, 0.29) is 5.91 Å². The molecule has 0 spiro atoms. The number of hydrogen-bond acceptors (Lipinski definition) is 3. The second-order valence-corrected chi connectivity index (χ2v) is 6.36. The van der Waals surface area contributed by atoms with Gasteiger partial charge in [0.2, 0.25) is 5.91 Å². The van der Waals surface area contributed by atoms with Gasteiger partial charge >= 0.3 is 0 Å². The molecule has 1 aromatic carbocycles. The first-order valence-electron chi connectivity index (χ1n) is 7.42. The van der Waals surface area contributed by atoms with Crippen molar-refractivity contribution in [1.29, 1.82) is 0 Å². The highest BCUT2D eigenvalue weighted by Crippen LogP contribution is 2.34. The first-order chi connectivity index (χ1) is 10.2. The van der Waals surface area contributed by atoms with Crippen LogP contribution in [-0.2, 0) is 16.1 Å². The van der Waals surface area contributed by atoms with Crippen LogP contribution in [0.5, 0.6) is 0 Å².